The molecule has 1 aromatic rings. The summed E-state index contributed by atoms with van der Waals surface area (Å²) < 4.78 is 0.878. The van der Waals surface area contributed by atoms with Crippen molar-refractivity contribution in [2.24, 2.45) is 0 Å². The minimum absolute atomic E-state index is 0.481. The Morgan fingerprint density at radius 2 is 2.44 bits per heavy atom. The van der Waals surface area contributed by atoms with Crippen LogP contribution in [0.5, 0.6) is 0 Å². The van der Waals surface area contributed by atoms with Crippen LogP contribution < -0.4 is 5.32 Å². The quantitative estimate of drug-likeness (QED) is 0.885. The van der Waals surface area contributed by atoms with Crippen LogP contribution in [-0.4, -0.2) is 28.1 Å². The maximum absolute atomic E-state index is 11.3. The van der Waals surface area contributed by atoms with E-state index in [4.69, 9.17) is 0 Å². The Kier molecular flexibility index (Phi) is 3.25. The van der Waals surface area contributed by atoms with Crippen molar-refractivity contribution >= 4 is 21.9 Å². The molecule has 0 aromatic carbocycles. The number of rotatable bonds is 3. The van der Waals surface area contributed by atoms with Gasteiger partial charge in [-0.2, -0.15) is 0 Å². The highest BCUT2D eigenvalue weighted by Gasteiger charge is 2.41. The van der Waals surface area contributed by atoms with E-state index in [0.29, 0.717) is 12.8 Å². The standard InChI is InChI=1S/C11H13BrN2O2/c12-9-4-8(6-13-7-9)5-11(10(15)16)2-1-3-14-11/h4,6-7,14H,1-3,5H2,(H,15,16). The maximum Gasteiger partial charge on any atom is 0.324 e. The summed E-state index contributed by atoms with van der Waals surface area (Å²) in [4.78, 5) is 15.4. The van der Waals surface area contributed by atoms with Crippen LogP contribution in [0.4, 0.5) is 0 Å². The van der Waals surface area contributed by atoms with Gasteiger partial charge in [0.05, 0.1) is 0 Å². The van der Waals surface area contributed by atoms with Gasteiger partial charge in [0.1, 0.15) is 5.54 Å². The Bertz CT molecular complexity index is 403. The van der Waals surface area contributed by atoms with Crippen LogP contribution in [0.15, 0.2) is 22.9 Å². The lowest BCUT2D eigenvalue weighted by atomic mass is 9.90. The molecule has 0 saturated carbocycles. The number of nitrogens with zero attached hydrogens (tertiary/aromatic N) is 1. The molecule has 1 fully saturated rings. The predicted molar refractivity (Wildman–Crippen MR) is 63.2 cm³/mol. The molecule has 1 aromatic heterocycles. The van der Waals surface area contributed by atoms with Crippen molar-refractivity contribution in [2.75, 3.05) is 6.54 Å². The molecule has 1 saturated heterocycles. The van der Waals surface area contributed by atoms with Crippen molar-refractivity contribution in [1.29, 1.82) is 0 Å². The molecular weight excluding hydrogens is 272 g/mol. The normalized spacial score (nSPS) is 24.6. The topological polar surface area (TPSA) is 62.2 Å². The zero-order valence-electron chi connectivity index (χ0n) is 8.74. The number of carbonyl (C=O) groups is 1. The first-order valence-electron chi connectivity index (χ1n) is 5.20. The summed E-state index contributed by atoms with van der Waals surface area (Å²) in [5.41, 5.74) is 0.133. The summed E-state index contributed by atoms with van der Waals surface area (Å²) in [6.07, 6.45) is 5.48. The van der Waals surface area contributed by atoms with E-state index in [9.17, 15) is 9.90 Å². The predicted octanol–water partition coefficient (Wildman–Crippen LogP) is 1.59. The molecule has 2 rings (SSSR count). The van der Waals surface area contributed by atoms with E-state index in [1.807, 2.05) is 6.07 Å². The fourth-order valence-electron chi connectivity index (χ4n) is 2.12. The first-order valence-corrected chi connectivity index (χ1v) is 6.00. The van der Waals surface area contributed by atoms with Gasteiger partial charge >= 0.3 is 5.97 Å². The van der Waals surface area contributed by atoms with Gasteiger partial charge in [0.2, 0.25) is 0 Å². The molecule has 1 aliphatic heterocycles. The summed E-state index contributed by atoms with van der Waals surface area (Å²) in [6, 6.07) is 1.91. The van der Waals surface area contributed by atoms with Crippen LogP contribution >= 0.6 is 15.9 Å². The molecule has 2 N–H and O–H groups in total. The van der Waals surface area contributed by atoms with E-state index >= 15 is 0 Å². The number of halogens is 1. The summed E-state index contributed by atoms with van der Waals surface area (Å²) in [7, 11) is 0. The van der Waals surface area contributed by atoms with E-state index in [1.165, 1.54) is 0 Å². The zero-order valence-corrected chi connectivity index (χ0v) is 10.3. The minimum atomic E-state index is -0.803. The van der Waals surface area contributed by atoms with Crippen molar-refractivity contribution < 1.29 is 9.90 Å². The van der Waals surface area contributed by atoms with Gasteiger partial charge < -0.3 is 10.4 Å². The molecule has 1 unspecified atom stereocenters. The van der Waals surface area contributed by atoms with Crippen LogP contribution in [0.1, 0.15) is 18.4 Å². The van der Waals surface area contributed by atoms with Gasteiger partial charge in [-0.05, 0) is 46.9 Å². The van der Waals surface area contributed by atoms with E-state index < -0.39 is 11.5 Å². The number of hydrogen-bond donors (Lipinski definition) is 2. The number of nitrogens with one attached hydrogen (secondary N) is 1. The first-order chi connectivity index (χ1) is 7.62. The Balaban J connectivity index is 2.21. The molecular formula is C11H13BrN2O2. The van der Waals surface area contributed by atoms with Crippen LogP contribution in [0.25, 0.3) is 0 Å². The third-order valence-electron chi connectivity index (χ3n) is 2.92. The first kappa shape index (κ1) is 11.5. The Morgan fingerprint density at radius 3 is 3.00 bits per heavy atom. The average molecular weight is 285 g/mol. The lowest BCUT2D eigenvalue weighted by molar-refractivity contribution is -0.144. The fourth-order valence-corrected chi connectivity index (χ4v) is 2.53. The van der Waals surface area contributed by atoms with Crippen LogP contribution in [-0.2, 0) is 11.2 Å². The number of carboxylic acids is 1. The molecule has 16 heavy (non-hydrogen) atoms. The third kappa shape index (κ3) is 2.25. The van der Waals surface area contributed by atoms with Gasteiger partial charge in [0.15, 0.2) is 0 Å². The molecule has 0 spiro atoms. The maximum atomic E-state index is 11.3. The molecule has 86 valence electrons. The van der Waals surface area contributed by atoms with Crippen molar-refractivity contribution in [3.63, 3.8) is 0 Å². The van der Waals surface area contributed by atoms with Crippen molar-refractivity contribution in [1.82, 2.24) is 10.3 Å². The summed E-state index contributed by atoms with van der Waals surface area (Å²) in [5, 5.41) is 12.4. The van der Waals surface area contributed by atoms with Crippen molar-refractivity contribution in [2.45, 2.75) is 24.8 Å². The molecule has 5 heteroatoms. The van der Waals surface area contributed by atoms with Crippen LogP contribution in [0.2, 0.25) is 0 Å². The minimum Gasteiger partial charge on any atom is -0.480 e. The van der Waals surface area contributed by atoms with Crippen molar-refractivity contribution in [3.05, 3.63) is 28.5 Å². The molecule has 4 nitrogen and oxygen atoms in total. The highest BCUT2D eigenvalue weighted by Crippen LogP contribution is 2.25. The zero-order chi connectivity index (χ0) is 11.6. The van der Waals surface area contributed by atoms with E-state index in [0.717, 1.165) is 23.0 Å². The van der Waals surface area contributed by atoms with Crippen LogP contribution in [0, 0.1) is 0 Å². The second-order valence-corrected chi connectivity index (χ2v) is 5.02. The molecule has 0 aliphatic carbocycles. The Hall–Kier alpha value is -0.940. The lowest BCUT2D eigenvalue weighted by Gasteiger charge is -2.24. The van der Waals surface area contributed by atoms with Gasteiger partial charge in [-0.3, -0.25) is 9.78 Å². The number of carboxylic acid groups (broad SMARTS) is 1. The number of hydrogen-bond acceptors (Lipinski definition) is 3. The number of aliphatic carboxylic acids is 1. The Labute approximate surface area is 102 Å². The van der Waals surface area contributed by atoms with Gasteiger partial charge in [-0.15, -0.1) is 0 Å². The molecule has 2 heterocycles. The van der Waals surface area contributed by atoms with Gasteiger partial charge in [0.25, 0.3) is 0 Å². The van der Waals surface area contributed by atoms with E-state index in [2.05, 4.69) is 26.2 Å². The second kappa shape index (κ2) is 4.51. The number of aromatic nitrogens is 1. The van der Waals surface area contributed by atoms with Gasteiger partial charge in [-0.25, -0.2) is 0 Å². The van der Waals surface area contributed by atoms with E-state index in [1.54, 1.807) is 12.4 Å². The average Bonchev–Trinajstić information content (AvgIpc) is 2.67. The second-order valence-electron chi connectivity index (χ2n) is 4.11. The SMILES string of the molecule is O=C(O)C1(Cc2cncc(Br)c2)CCCN1. The molecule has 1 atom stereocenters. The van der Waals surface area contributed by atoms with Gasteiger partial charge in [0, 0.05) is 23.3 Å². The molecule has 0 bridgehead atoms. The fraction of sp³-hybridized carbons (Fsp3) is 0.455. The lowest BCUT2D eigenvalue weighted by Crippen LogP contribution is -2.49. The molecule has 0 radical (unpaired) electrons. The molecule has 0 amide bonds. The third-order valence-corrected chi connectivity index (χ3v) is 3.35. The highest BCUT2D eigenvalue weighted by atomic mass is 79.9. The monoisotopic (exact) mass is 284 g/mol. The van der Waals surface area contributed by atoms with Gasteiger partial charge in [-0.1, -0.05) is 0 Å². The summed E-state index contributed by atoms with van der Waals surface area (Å²) in [5.74, 6) is -0.773. The summed E-state index contributed by atoms with van der Waals surface area (Å²) in [6.45, 7) is 0.772. The molecule has 1 aliphatic rings. The summed E-state index contributed by atoms with van der Waals surface area (Å²) >= 11 is 3.34. The highest BCUT2D eigenvalue weighted by molar-refractivity contribution is 9.10. The van der Waals surface area contributed by atoms with E-state index in [-0.39, 0.29) is 0 Å². The smallest absolute Gasteiger partial charge is 0.324 e. The largest absolute Gasteiger partial charge is 0.480 e. The number of pyridine rings is 1. The Morgan fingerprint density at radius 1 is 1.62 bits per heavy atom. The van der Waals surface area contributed by atoms with Crippen molar-refractivity contribution in [3.8, 4) is 0 Å². The van der Waals surface area contributed by atoms with Crippen LogP contribution in [0.3, 0.4) is 0 Å².